The second kappa shape index (κ2) is 4.42. The highest BCUT2D eigenvalue weighted by molar-refractivity contribution is 6.00. The molecule has 2 aromatic rings. The van der Waals surface area contributed by atoms with Crippen LogP contribution in [0.1, 0.15) is 19.3 Å². The maximum absolute atomic E-state index is 11.9. The average molecular weight is 244 g/mol. The van der Waals surface area contributed by atoms with Gasteiger partial charge in [0.15, 0.2) is 0 Å². The van der Waals surface area contributed by atoms with E-state index in [1.807, 2.05) is 18.2 Å². The Morgan fingerprint density at radius 2 is 2.39 bits per heavy atom. The number of rotatable bonds is 4. The van der Waals surface area contributed by atoms with Crippen molar-refractivity contribution >= 4 is 22.5 Å². The minimum absolute atomic E-state index is 0.00597. The number of anilines is 1. The van der Waals surface area contributed by atoms with Gasteiger partial charge in [-0.25, -0.2) is 0 Å². The van der Waals surface area contributed by atoms with Crippen molar-refractivity contribution in [2.45, 2.75) is 25.3 Å². The van der Waals surface area contributed by atoms with Crippen LogP contribution in [0.4, 0.5) is 5.69 Å². The molecule has 1 aliphatic rings. The smallest absolute Gasteiger partial charge is 0.225 e. The number of benzene rings is 1. The molecular weight excluding hydrogens is 228 g/mol. The van der Waals surface area contributed by atoms with Crippen molar-refractivity contribution in [3.63, 3.8) is 0 Å². The van der Waals surface area contributed by atoms with Crippen LogP contribution in [0.15, 0.2) is 24.4 Å². The van der Waals surface area contributed by atoms with E-state index in [1.54, 1.807) is 6.20 Å². The molecule has 1 atom stereocenters. The molecule has 1 fully saturated rings. The normalized spacial score (nSPS) is 16.7. The van der Waals surface area contributed by atoms with Gasteiger partial charge >= 0.3 is 0 Å². The van der Waals surface area contributed by atoms with Crippen LogP contribution in [-0.4, -0.2) is 22.1 Å². The van der Waals surface area contributed by atoms with Crippen molar-refractivity contribution in [2.75, 3.05) is 5.32 Å². The number of nitrogens with one attached hydrogen (secondary N) is 2. The van der Waals surface area contributed by atoms with Crippen molar-refractivity contribution in [3.05, 3.63) is 24.4 Å². The number of aromatic amines is 1. The lowest BCUT2D eigenvalue weighted by Gasteiger charge is -2.10. The quantitative estimate of drug-likeness (QED) is 0.764. The predicted octanol–water partition coefficient (Wildman–Crippen LogP) is 1.63. The summed E-state index contributed by atoms with van der Waals surface area (Å²) in [4.78, 5) is 11.9. The molecule has 1 unspecified atom stereocenters. The predicted molar refractivity (Wildman–Crippen MR) is 70.0 cm³/mol. The number of hydrogen-bond donors (Lipinski definition) is 3. The Morgan fingerprint density at radius 3 is 3.17 bits per heavy atom. The highest BCUT2D eigenvalue weighted by Crippen LogP contribution is 2.33. The Morgan fingerprint density at radius 1 is 1.56 bits per heavy atom. The highest BCUT2D eigenvalue weighted by atomic mass is 16.1. The van der Waals surface area contributed by atoms with Gasteiger partial charge in [-0.3, -0.25) is 9.89 Å². The van der Waals surface area contributed by atoms with Crippen LogP contribution < -0.4 is 11.1 Å². The van der Waals surface area contributed by atoms with E-state index in [-0.39, 0.29) is 11.9 Å². The number of hydrogen-bond acceptors (Lipinski definition) is 3. The fourth-order valence-corrected chi connectivity index (χ4v) is 2.18. The summed E-state index contributed by atoms with van der Waals surface area (Å²) in [6, 6.07) is 5.68. The summed E-state index contributed by atoms with van der Waals surface area (Å²) in [6.45, 7) is 0. The van der Waals surface area contributed by atoms with Crippen LogP contribution in [0.2, 0.25) is 0 Å². The molecular formula is C13H16N4O. The van der Waals surface area contributed by atoms with Crippen molar-refractivity contribution < 1.29 is 4.79 Å². The molecule has 4 N–H and O–H groups in total. The second-order valence-electron chi connectivity index (χ2n) is 4.89. The first-order valence-electron chi connectivity index (χ1n) is 6.21. The first-order valence-corrected chi connectivity index (χ1v) is 6.21. The SMILES string of the molecule is NC(CC(=O)Nc1cccc2[nH]ncc12)C1CC1. The molecule has 0 radical (unpaired) electrons. The van der Waals surface area contributed by atoms with Gasteiger partial charge < -0.3 is 11.1 Å². The molecule has 5 heteroatoms. The topological polar surface area (TPSA) is 83.8 Å². The number of aromatic nitrogens is 2. The van der Waals surface area contributed by atoms with Crippen molar-refractivity contribution in [3.8, 4) is 0 Å². The molecule has 5 nitrogen and oxygen atoms in total. The zero-order chi connectivity index (χ0) is 12.5. The summed E-state index contributed by atoms with van der Waals surface area (Å²) in [5, 5.41) is 10.7. The maximum Gasteiger partial charge on any atom is 0.225 e. The molecule has 1 amide bonds. The van der Waals surface area contributed by atoms with Crippen molar-refractivity contribution in [1.82, 2.24) is 10.2 Å². The van der Waals surface area contributed by atoms with E-state index < -0.39 is 0 Å². The van der Waals surface area contributed by atoms with E-state index in [4.69, 9.17) is 5.73 Å². The van der Waals surface area contributed by atoms with E-state index >= 15 is 0 Å². The van der Waals surface area contributed by atoms with E-state index in [2.05, 4.69) is 15.5 Å². The van der Waals surface area contributed by atoms with Gasteiger partial charge in [0.05, 0.1) is 17.4 Å². The molecule has 1 aromatic carbocycles. The van der Waals surface area contributed by atoms with Crippen LogP contribution in [0, 0.1) is 5.92 Å². The van der Waals surface area contributed by atoms with Gasteiger partial charge in [0.25, 0.3) is 0 Å². The summed E-state index contributed by atoms with van der Waals surface area (Å²) in [6.07, 6.45) is 4.42. The average Bonchev–Trinajstić information content (AvgIpc) is 3.08. The molecule has 1 heterocycles. The Balaban J connectivity index is 1.71. The third-order valence-electron chi connectivity index (χ3n) is 3.41. The molecule has 1 aliphatic carbocycles. The zero-order valence-corrected chi connectivity index (χ0v) is 10.0. The number of fused-ring (bicyclic) bond motifs is 1. The lowest BCUT2D eigenvalue weighted by atomic mass is 10.1. The molecule has 0 saturated heterocycles. The Labute approximate surface area is 105 Å². The summed E-state index contributed by atoms with van der Waals surface area (Å²) in [7, 11) is 0. The molecule has 0 aliphatic heterocycles. The summed E-state index contributed by atoms with van der Waals surface area (Å²) < 4.78 is 0. The van der Waals surface area contributed by atoms with Gasteiger partial charge in [-0.15, -0.1) is 0 Å². The number of amides is 1. The standard InChI is InChI=1S/C13H16N4O/c14-10(8-4-5-8)6-13(18)16-11-2-1-3-12-9(11)7-15-17-12/h1-3,7-8,10H,4-6,14H2,(H,15,17)(H,16,18). The van der Waals surface area contributed by atoms with Gasteiger partial charge in [0, 0.05) is 17.8 Å². The van der Waals surface area contributed by atoms with E-state index in [0.717, 1.165) is 29.4 Å². The fourth-order valence-electron chi connectivity index (χ4n) is 2.18. The van der Waals surface area contributed by atoms with Crippen LogP contribution in [-0.2, 0) is 4.79 Å². The first-order chi connectivity index (χ1) is 8.74. The van der Waals surface area contributed by atoms with Crippen LogP contribution in [0.25, 0.3) is 10.9 Å². The summed E-state index contributed by atoms with van der Waals surface area (Å²) >= 11 is 0. The monoisotopic (exact) mass is 244 g/mol. The molecule has 0 spiro atoms. The number of carbonyl (C=O) groups excluding carboxylic acids is 1. The van der Waals surface area contributed by atoms with E-state index in [9.17, 15) is 4.79 Å². The highest BCUT2D eigenvalue weighted by Gasteiger charge is 2.29. The van der Waals surface area contributed by atoms with Gasteiger partial charge in [-0.2, -0.15) is 5.10 Å². The van der Waals surface area contributed by atoms with Gasteiger partial charge in [0.1, 0.15) is 0 Å². The molecule has 0 bridgehead atoms. The number of carbonyl (C=O) groups is 1. The zero-order valence-electron chi connectivity index (χ0n) is 10.0. The van der Waals surface area contributed by atoms with Gasteiger partial charge in [-0.1, -0.05) is 6.07 Å². The Bertz CT molecular complexity index is 573. The third-order valence-corrected chi connectivity index (χ3v) is 3.41. The van der Waals surface area contributed by atoms with Crippen LogP contribution >= 0.6 is 0 Å². The number of H-pyrrole nitrogens is 1. The summed E-state index contributed by atoms with van der Waals surface area (Å²) in [5.41, 5.74) is 7.65. The largest absolute Gasteiger partial charge is 0.327 e. The number of nitrogens with two attached hydrogens (primary N) is 1. The third kappa shape index (κ3) is 2.22. The fraction of sp³-hybridized carbons (Fsp3) is 0.385. The lowest BCUT2D eigenvalue weighted by Crippen LogP contribution is -2.28. The van der Waals surface area contributed by atoms with E-state index in [0.29, 0.717) is 12.3 Å². The minimum atomic E-state index is -0.0249. The molecule has 18 heavy (non-hydrogen) atoms. The van der Waals surface area contributed by atoms with Crippen LogP contribution in [0.5, 0.6) is 0 Å². The molecule has 1 saturated carbocycles. The first kappa shape index (κ1) is 11.2. The molecule has 1 aromatic heterocycles. The lowest BCUT2D eigenvalue weighted by molar-refractivity contribution is -0.116. The second-order valence-corrected chi connectivity index (χ2v) is 4.89. The molecule has 3 rings (SSSR count). The Hall–Kier alpha value is -1.88. The minimum Gasteiger partial charge on any atom is -0.327 e. The Kier molecular flexibility index (Phi) is 2.76. The molecule has 94 valence electrons. The van der Waals surface area contributed by atoms with Gasteiger partial charge in [0.2, 0.25) is 5.91 Å². The maximum atomic E-state index is 11.9. The van der Waals surface area contributed by atoms with E-state index in [1.165, 1.54) is 0 Å². The van der Waals surface area contributed by atoms with Crippen molar-refractivity contribution in [2.24, 2.45) is 11.7 Å². The van der Waals surface area contributed by atoms with Crippen LogP contribution in [0.3, 0.4) is 0 Å². The summed E-state index contributed by atoms with van der Waals surface area (Å²) in [5.74, 6) is 0.517. The number of nitrogens with zero attached hydrogens (tertiary/aromatic N) is 1. The van der Waals surface area contributed by atoms with Crippen molar-refractivity contribution in [1.29, 1.82) is 0 Å². The van der Waals surface area contributed by atoms with Gasteiger partial charge in [-0.05, 0) is 30.9 Å².